The molecule has 0 aliphatic heterocycles. The average Bonchev–Trinajstić information content (AvgIpc) is 3.80. The lowest BCUT2D eigenvalue weighted by molar-refractivity contribution is 0.899. The fourth-order valence-corrected chi connectivity index (χ4v) is 9.84. The molecule has 1 aliphatic rings. The van der Waals surface area contributed by atoms with Crippen LogP contribution < -0.4 is 4.90 Å². The number of rotatable bonds is 6. The standard InChI is InChI=1S/C52H36N2S/c1-3-13-36(14-4-1)42-18-9-11-21-48(42)53(41-29-32-51-47(34-41)44-20-10-12-22-50(44)55-51)40-27-23-35(24-28-40)38-26-31-49-46(33-38)45-30-25-37-15-7-8-19-43(37)52(45)54(49)39-16-5-2-6-17-39/h1-25,27-30,32-34H,26,31H2. The first kappa shape index (κ1) is 31.8. The van der Waals surface area contributed by atoms with Crippen molar-refractivity contribution in [3.8, 4) is 16.8 Å². The number of anilines is 3. The molecular weight excluding hydrogens is 685 g/mol. The minimum absolute atomic E-state index is 0.978. The summed E-state index contributed by atoms with van der Waals surface area (Å²) in [6, 6.07) is 68.8. The summed E-state index contributed by atoms with van der Waals surface area (Å²) in [5.74, 6) is 0. The summed E-state index contributed by atoms with van der Waals surface area (Å²) >= 11 is 1.86. The first-order valence-electron chi connectivity index (χ1n) is 19.1. The lowest BCUT2D eigenvalue weighted by atomic mass is 9.91. The van der Waals surface area contributed by atoms with Gasteiger partial charge < -0.3 is 9.47 Å². The maximum absolute atomic E-state index is 2.51. The Bertz CT molecular complexity index is 3080. The van der Waals surface area contributed by atoms with E-state index in [1.807, 2.05) is 11.3 Å². The third-order valence-corrected chi connectivity index (χ3v) is 12.5. The number of allylic oxidation sites excluding steroid dienone is 1. The molecule has 0 spiro atoms. The highest BCUT2D eigenvalue weighted by Crippen LogP contribution is 2.45. The van der Waals surface area contributed by atoms with E-state index in [4.69, 9.17) is 0 Å². The van der Waals surface area contributed by atoms with Crippen molar-refractivity contribution in [1.82, 2.24) is 4.57 Å². The van der Waals surface area contributed by atoms with Gasteiger partial charge in [0.2, 0.25) is 0 Å². The number of para-hydroxylation sites is 2. The second-order valence-electron chi connectivity index (χ2n) is 14.4. The Kier molecular flexibility index (Phi) is 7.53. The van der Waals surface area contributed by atoms with Crippen LogP contribution >= 0.6 is 11.3 Å². The van der Waals surface area contributed by atoms with Crippen LogP contribution in [0.3, 0.4) is 0 Å². The molecule has 0 bridgehead atoms. The summed E-state index contributed by atoms with van der Waals surface area (Å²) < 4.78 is 5.14. The number of nitrogens with zero attached hydrogens (tertiary/aromatic N) is 2. The molecule has 0 saturated carbocycles. The number of thiophene rings is 1. The van der Waals surface area contributed by atoms with Crippen LogP contribution in [0.5, 0.6) is 0 Å². The van der Waals surface area contributed by atoms with Gasteiger partial charge in [-0.25, -0.2) is 0 Å². The largest absolute Gasteiger partial charge is 0.312 e. The summed E-state index contributed by atoms with van der Waals surface area (Å²) in [5, 5.41) is 6.48. The van der Waals surface area contributed by atoms with Gasteiger partial charge >= 0.3 is 0 Å². The molecule has 0 radical (unpaired) electrons. The minimum atomic E-state index is 0.978. The van der Waals surface area contributed by atoms with Crippen LogP contribution in [-0.2, 0) is 6.42 Å². The third kappa shape index (κ3) is 5.31. The quantitative estimate of drug-likeness (QED) is 0.166. The van der Waals surface area contributed by atoms with Gasteiger partial charge in [-0.1, -0.05) is 133 Å². The second-order valence-corrected chi connectivity index (χ2v) is 15.5. The molecule has 260 valence electrons. The molecule has 11 rings (SSSR count). The van der Waals surface area contributed by atoms with Crippen molar-refractivity contribution >= 4 is 81.9 Å². The predicted octanol–water partition coefficient (Wildman–Crippen LogP) is 14.8. The topological polar surface area (TPSA) is 8.17 Å². The molecule has 0 N–H and O–H groups in total. The van der Waals surface area contributed by atoms with Crippen molar-refractivity contribution in [3.63, 3.8) is 0 Å². The van der Waals surface area contributed by atoms with Gasteiger partial charge in [-0.2, -0.15) is 0 Å². The predicted molar refractivity (Wildman–Crippen MR) is 236 cm³/mol. The van der Waals surface area contributed by atoms with E-state index in [-0.39, 0.29) is 0 Å². The zero-order chi connectivity index (χ0) is 36.3. The highest BCUT2D eigenvalue weighted by Gasteiger charge is 2.24. The maximum Gasteiger partial charge on any atom is 0.0616 e. The molecule has 3 heteroatoms. The normalized spacial score (nSPS) is 12.7. The lowest BCUT2D eigenvalue weighted by Crippen LogP contribution is -2.11. The smallest absolute Gasteiger partial charge is 0.0616 e. The molecule has 0 atom stereocenters. The second kappa shape index (κ2) is 13.0. The van der Waals surface area contributed by atoms with Crippen LogP contribution in [0.25, 0.3) is 70.3 Å². The van der Waals surface area contributed by atoms with Gasteiger partial charge in [-0.15, -0.1) is 11.3 Å². The van der Waals surface area contributed by atoms with Crippen LogP contribution in [0.2, 0.25) is 0 Å². The van der Waals surface area contributed by atoms with Crippen LogP contribution in [0, 0.1) is 0 Å². The van der Waals surface area contributed by atoms with Crippen molar-refractivity contribution < 1.29 is 0 Å². The Labute approximate surface area is 324 Å². The number of hydrogen-bond acceptors (Lipinski definition) is 2. The van der Waals surface area contributed by atoms with E-state index in [0.717, 1.165) is 29.9 Å². The Morgan fingerprint density at radius 3 is 2.02 bits per heavy atom. The minimum Gasteiger partial charge on any atom is -0.312 e. The summed E-state index contributed by atoms with van der Waals surface area (Å²) in [6.07, 6.45) is 4.42. The monoisotopic (exact) mass is 720 g/mol. The van der Waals surface area contributed by atoms with Crippen molar-refractivity contribution in [1.29, 1.82) is 0 Å². The molecular formula is C52H36N2S. The Morgan fingerprint density at radius 1 is 0.473 bits per heavy atom. The molecule has 0 fully saturated rings. The van der Waals surface area contributed by atoms with Gasteiger partial charge in [0.05, 0.1) is 11.2 Å². The van der Waals surface area contributed by atoms with Crippen LogP contribution in [0.4, 0.5) is 17.1 Å². The van der Waals surface area contributed by atoms with E-state index in [1.165, 1.54) is 81.1 Å². The third-order valence-electron chi connectivity index (χ3n) is 11.3. The molecule has 2 heterocycles. The molecule has 8 aromatic carbocycles. The van der Waals surface area contributed by atoms with Gasteiger partial charge in [0, 0.05) is 64.8 Å². The van der Waals surface area contributed by atoms with Gasteiger partial charge in [-0.3, -0.25) is 0 Å². The van der Waals surface area contributed by atoms with Crippen LogP contribution in [-0.4, -0.2) is 4.57 Å². The summed E-state index contributed by atoms with van der Waals surface area (Å²) in [7, 11) is 0. The zero-order valence-corrected chi connectivity index (χ0v) is 31.0. The average molecular weight is 721 g/mol. The number of aromatic nitrogens is 1. The molecule has 0 unspecified atom stereocenters. The van der Waals surface area contributed by atoms with Gasteiger partial charge in [0.15, 0.2) is 0 Å². The summed E-state index contributed by atoms with van der Waals surface area (Å²) in [6.45, 7) is 0. The van der Waals surface area contributed by atoms with Crippen LogP contribution in [0.15, 0.2) is 188 Å². The van der Waals surface area contributed by atoms with Crippen molar-refractivity contribution in [2.24, 2.45) is 0 Å². The lowest BCUT2D eigenvalue weighted by Gasteiger charge is -2.28. The first-order valence-corrected chi connectivity index (χ1v) is 19.9. The maximum atomic E-state index is 2.51. The zero-order valence-electron chi connectivity index (χ0n) is 30.2. The molecule has 10 aromatic rings. The summed E-state index contributed by atoms with van der Waals surface area (Å²) in [5.41, 5.74) is 13.7. The van der Waals surface area contributed by atoms with E-state index >= 15 is 0 Å². The molecule has 2 nitrogen and oxygen atoms in total. The SMILES string of the molecule is C1=C(c2ccc(N(c3ccc4sc5ccccc5c4c3)c3ccccc3-c3ccccc3)cc2)CCc2c1c1ccc3ccccc3c1n2-c1ccccc1. The number of fused-ring (bicyclic) bond motifs is 8. The molecule has 1 aliphatic carbocycles. The van der Waals surface area contributed by atoms with Gasteiger partial charge in [0.1, 0.15) is 0 Å². The first-order chi connectivity index (χ1) is 27.3. The highest BCUT2D eigenvalue weighted by molar-refractivity contribution is 7.25. The molecule has 55 heavy (non-hydrogen) atoms. The van der Waals surface area contributed by atoms with E-state index in [1.54, 1.807) is 0 Å². The molecule has 0 amide bonds. The van der Waals surface area contributed by atoms with E-state index in [9.17, 15) is 0 Å². The number of benzene rings is 8. The molecule has 0 saturated heterocycles. The fraction of sp³-hybridized carbons (Fsp3) is 0.0385. The highest BCUT2D eigenvalue weighted by atomic mass is 32.1. The Morgan fingerprint density at radius 2 is 1.16 bits per heavy atom. The van der Waals surface area contributed by atoms with Crippen molar-refractivity contribution in [2.75, 3.05) is 4.90 Å². The fourth-order valence-electron chi connectivity index (χ4n) is 8.76. The Balaban J connectivity index is 1.05. The van der Waals surface area contributed by atoms with E-state index in [2.05, 4.69) is 204 Å². The van der Waals surface area contributed by atoms with Crippen molar-refractivity contribution in [2.45, 2.75) is 12.8 Å². The van der Waals surface area contributed by atoms with Gasteiger partial charge in [0.25, 0.3) is 0 Å². The summed E-state index contributed by atoms with van der Waals surface area (Å²) in [4.78, 5) is 2.43. The van der Waals surface area contributed by atoms with Crippen molar-refractivity contribution in [3.05, 3.63) is 205 Å². The van der Waals surface area contributed by atoms with E-state index in [0.29, 0.717) is 0 Å². The van der Waals surface area contributed by atoms with E-state index < -0.39 is 0 Å². The Hall–Kier alpha value is -6.68. The van der Waals surface area contributed by atoms with Crippen LogP contribution in [0.1, 0.15) is 23.2 Å². The number of hydrogen-bond donors (Lipinski definition) is 0. The van der Waals surface area contributed by atoms with Gasteiger partial charge in [-0.05, 0) is 95.6 Å². The molecule has 2 aromatic heterocycles.